The summed E-state index contributed by atoms with van der Waals surface area (Å²) in [5.74, 6) is 0. The molecule has 124 valence electrons. The molecule has 4 unspecified atom stereocenters. The van der Waals surface area contributed by atoms with Crippen molar-refractivity contribution in [1.82, 2.24) is 0 Å². The number of hydrogen-bond donors (Lipinski definition) is 0. The molecule has 2 aliphatic rings. The molecule has 0 bridgehead atoms. The number of epoxide rings is 2. The van der Waals surface area contributed by atoms with Gasteiger partial charge in [0.15, 0.2) is 0 Å². The Morgan fingerprint density at radius 1 is 0.762 bits per heavy atom. The Labute approximate surface area is 125 Å². The molecule has 0 saturated carbocycles. The summed E-state index contributed by atoms with van der Waals surface area (Å²) in [6, 6.07) is 0. The lowest BCUT2D eigenvalue weighted by Gasteiger charge is -2.26. The monoisotopic (exact) mass is 306 g/mol. The van der Waals surface area contributed by atoms with E-state index < -0.39 is 23.8 Å². The first-order valence-electron chi connectivity index (χ1n) is 7.22. The van der Waals surface area contributed by atoms with E-state index in [0.29, 0.717) is 13.2 Å². The van der Waals surface area contributed by atoms with Crippen molar-refractivity contribution in [2.24, 2.45) is 0 Å². The smallest absolute Gasteiger partial charge is 0.222 e. The van der Waals surface area contributed by atoms with Crippen LogP contribution < -0.4 is 0 Å². The molecule has 2 fully saturated rings. The highest BCUT2D eigenvalue weighted by Crippen LogP contribution is 2.27. The van der Waals surface area contributed by atoms with Gasteiger partial charge in [-0.05, 0) is 41.5 Å². The average Bonchev–Trinajstić information content (AvgIpc) is 3.16. The van der Waals surface area contributed by atoms with Gasteiger partial charge in [-0.2, -0.15) is 0 Å². The summed E-state index contributed by atoms with van der Waals surface area (Å²) in [7, 11) is 0. The molecule has 7 heteroatoms. The summed E-state index contributed by atoms with van der Waals surface area (Å²) in [6.07, 6.45) is -1.68. The van der Waals surface area contributed by atoms with E-state index in [1.807, 2.05) is 41.5 Å². The van der Waals surface area contributed by atoms with Gasteiger partial charge in [0.25, 0.3) is 0 Å². The van der Waals surface area contributed by atoms with Crippen molar-refractivity contribution in [3.05, 3.63) is 0 Å². The van der Waals surface area contributed by atoms with Crippen molar-refractivity contribution in [2.75, 3.05) is 13.2 Å². The maximum absolute atomic E-state index is 5.74. The van der Waals surface area contributed by atoms with Crippen molar-refractivity contribution < 1.29 is 33.8 Å². The molecule has 0 aliphatic carbocycles. The zero-order chi connectivity index (χ0) is 15.7. The van der Waals surface area contributed by atoms with E-state index in [0.717, 1.165) is 0 Å². The zero-order valence-corrected chi connectivity index (χ0v) is 13.6. The first kappa shape index (κ1) is 17.1. The molecule has 21 heavy (non-hydrogen) atoms. The molecule has 2 aliphatic heterocycles. The third-order valence-corrected chi connectivity index (χ3v) is 2.38. The second kappa shape index (κ2) is 6.45. The fourth-order valence-electron chi connectivity index (χ4n) is 1.29. The molecule has 4 atom stereocenters. The van der Waals surface area contributed by atoms with Crippen LogP contribution in [0.5, 0.6) is 0 Å². The van der Waals surface area contributed by atoms with Gasteiger partial charge < -0.3 is 14.2 Å². The van der Waals surface area contributed by atoms with E-state index in [-0.39, 0.29) is 12.2 Å². The molecule has 2 saturated heterocycles. The topological polar surface area (TPSA) is 71.2 Å². The second-order valence-corrected chi connectivity index (χ2v) is 7.20. The Kier molecular flexibility index (Phi) is 5.25. The van der Waals surface area contributed by atoms with Crippen molar-refractivity contribution in [1.29, 1.82) is 0 Å². The minimum Gasteiger partial charge on any atom is -0.367 e. The van der Waals surface area contributed by atoms with E-state index >= 15 is 0 Å². The molecule has 7 nitrogen and oxygen atoms in total. The predicted molar refractivity (Wildman–Crippen MR) is 72.0 cm³/mol. The standard InChI is InChI=1S/C14H26O7/c1-13(2,3)20-18-11(9-7-15-9)17-12(10-8-16-10)19-21-14(4,5)6/h9-12H,7-8H2,1-6H3. The Morgan fingerprint density at radius 3 is 1.33 bits per heavy atom. The molecular weight excluding hydrogens is 280 g/mol. The van der Waals surface area contributed by atoms with Crippen LogP contribution in [0.4, 0.5) is 0 Å². The molecule has 0 aromatic carbocycles. The van der Waals surface area contributed by atoms with Crippen LogP contribution in [0.3, 0.4) is 0 Å². The summed E-state index contributed by atoms with van der Waals surface area (Å²) >= 11 is 0. The van der Waals surface area contributed by atoms with Crippen LogP contribution in [0.15, 0.2) is 0 Å². The first-order valence-corrected chi connectivity index (χ1v) is 7.22. The highest BCUT2D eigenvalue weighted by molar-refractivity contribution is 4.78. The third-order valence-electron chi connectivity index (χ3n) is 2.38. The molecule has 2 heterocycles. The van der Waals surface area contributed by atoms with Crippen LogP contribution >= 0.6 is 0 Å². The molecular formula is C14H26O7. The van der Waals surface area contributed by atoms with Gasteiger partial charge in [-0.1, -0.05) is 0 Å². The van der Waals surface area contributed by atoms with Crippen LogP contribution in [0, 0.1) is 0 Å². The van der Waals surface area contributed by atoms with Gasteiger partial charge in [0.1, 0.15) is 12.2 Å². The lowest BCUT2D eigenvalue weighted by Crippen LogP contribution is -2.37. The minimum absolute atomic E-state index is 0.160. The Morgan fingerprint density at radius 2 is 1.10 bits per heavy atom. The summed E-state index contributed by atoms with van der Waals surface area (Å²) < 4.78 is 16.2. The molecule has 0 radical (unpaired) electrons. The second-order valence-electron chi connectivity index (χ2n) is 7.20. The van der Waals surface area contributed by atoms with E-state index in [4.69, 9.17) is 33.8 Å². The highest BCUT2D eigenvalue weighted by atomic mass is 17.3. The summed E-state index contributed by atoms with van der Waals surface area (Å²) in [5, 5.41) is 0. The van der Waals surface area contributed by atoms with E-state index in [9.17, 15) is 0 Å². The van der Waals surface area contributed by atoms with Crippen molar-refractivity contribution >= 4 is 0 Å². The minimum atomic E-state index is -0.679. The van der Waals surface area contributed by atoms with Gasteiger partial charge >= 0.3 is 0 Å². The van der Waals surface area contributed by atoms with Gasteiger partial charge in [-0.25, -0.2) is 19.6 Å². The molecule has 0 amide bonds. The van der Waals surface area contributed by atoms with Gasteiger partial charge in [0.05, 0.1) is 24.4 Å². The largest absolute Gasteiger partial charge is 0.367 e. The Bertz CT molecular complexity index is 293. The van der Waals surface area contributed by atoms with E-state index in [1.54, 1.807) is 0 Å². The Balaban J connectivity index is 1.84. The molecule has 0 spiro atoms. The average molecular weight is 306 g/mol. The molecule has 2 rings (SSSR count). The molecule has 0 N–H and O–H groups in total. The quantitative estimate of drug-likeness (QED) is 0.294. The van der Waals surface area contributed by atoms with Gasteiger partial charge in [-0.3, -0.25) is 0 Å². The van der Waals surface area contributed by atoms with Crippen LogP contribution in [-0.2, 0) is 33.8 Å². The van der Waals surface area contributed by atoms with Crippen LogP contribution in [0.25, 0.3) is 0 Å². The SMILES string of the molecule is CC(C)(C)OOC(OC(OOC(C)(C)C)C1CO1)C1CO1. The Hall–Kier alpha value is -0.280. The predicted octanol–water partition coefficient (Wildman–Crippen LogP) is 1.95. The van der Waals surface area contributed by atoms with E-state index in [2.05, 4.69) is 0 Å². The summed E-state index contributed by atoms with van der Waals surface area (Å²) in [4.78, 5) is 21.3. The maximum atomic E-state index is 5.74. The fourth-order valence-corrected chi connectivity index (χ4v) is 1.29. The lowest BCUT2D eigenvalue weighted by atomic mass is 10.2. The fraction of sp³-hybridized carbons (Fsp3) is 1.00. The summed E-state index contributed by atoms with van der Waals surface area (Å²) in [5.41, 5.74) is -0.879. The van der Waals surface area contributed by atoms with Gasteiger partial charge in [-0.15, -0.1) is 0 Å². The van der Waals surface area contributed by atoms with Crippen molar-refractivity contribution in [3.63, 3.8) is 0 Å². The van der Waals surface area contributed by atoms with Crippen LogP contribution in [0.2, 0.25) is 0 Å². The first-order chi connectivity index (χ1) is 9.64. The summed E-state index contributed by atoms with van der Waals surface area (Å²) in [6.45, 7) is 12.5. The molecule has 0 aromatic heterocycles. The van der Waals surface area contributed by atoms with Crippen LogP contribution in [0.1, 0.15) is 41.5 Å². The normalized spacial score (nSPS) is 28.3. The van der Waals surface area contributed by atoms with Crippen molar-refractivity contribution in [2.45, 2.75) is 77.5 Å². The van der Waals surface area contributed by atoms with E-state index in [1.165, 1.54) is 0 Å². The lowest BCUT2D eigenvalue weighted by molar-refractivity contribution is -0.474. The van der Waals surface area contributed by atoms with Gasteiger partial charge in [0.2, 0.25) is 12.6 Å². The highest BCUT2D eigenvalue weighted by Gasteiger charge is 2.44. The number of rotatable bonds is 8. The zero-order valence-electron chi connectivity index (χ0n) is 13.6. The maximum Gasteiger partial charge on any atom is 0.222 e. The van der Waals surface area contributed by atoms with Crippen LogP contribution in [-0.4, -0.2) is 49.2 Å². The van der Waals surface area contributed by atoms with Gasteiger partial charge in [0, 0.05) is 0 Å². The third kappa shape index (κ3) is 7.01. The van der Waals surface area contributed by atoms with Crippen molar-refractivity contribution in [3.8, 4) is 0 Å². The molecule has 0 aromatic rings. The number of hydrogen-bond acceptors (Lipinski definition) is 7. The number of ether oxygens (including phenoxy) is 3.